The molecule has 1 aliphatic carbocycles. The predicted molar refractivity (Wildman–Crippen MR) is 116 cm³/mol. The van der Waals surface area contributed by atoms with E-state index in [-0.39, 0.29) is 11.9 Å². The zero-order valence-corrected chi connectivity index (χ0v) is 17.4. The molecule has 6 nitrogen and oxygen atoms in total. The maximum absolute atomic E-state index is 13.2. The zero-order valence-electron chi connectivity index (χ0n) is 17.4. The summed E-state index contributed by atoms with van der Waals surface area (Å²) < 4.78 is 12.6. The van der Waals surface area contributed by atoms with Crippen molar-refractivity contribution in [2.75, 3.05) is 14.2 Å². The number of ether oxygens (including phenoxy) is 2. The van der Waals surface area contributed by atoms with Gasteiger partial charge in [0.1, 0.15) is 17.2 Å². The van der Waals surface area contributed by atoms with Gasteiger partial charge in [0.05, 0.1) is 25.5 Å². The van der Waals surface area contributed by atoms with E-state index in [2.05, 4.69) is 5.32 Å². The van der Waals surface area contributed by atoms with Crippen molar-refractivity contribution >= 4 is 5.91 Å². The second-order valence-corrected chi connectivity index (χ2v) is 7.55. The lowest BCUT2D eigenvalue weighted by Crippen LogP contribution is -2.36. The topological polar surface area (TPSA) is 65.4 Å². The highest BCUT2D eigenvalue weighted by atomic mass is 16.5. The molecule has 0 aliphatic heterocycles. The van der Waals surface area contributed by atoms with Crippen molar-refractivity contribution < 1.29 is 14.3 Å². The molecule has 1 aliphatic rings. The maximum atomic E-state index is 13.2. The minimum Gasteiger partial charge on any atom is -0.497 e. The van der Waals surface area contributed by atoms with E-state index in [1.54, 1.807) is 31.2 Å². The molecular weight excluding hydrogens is 378 g/mol. The van der Waals surface area contributed by atoms with Crippen LogP contribution < -0.4 is 14.8 Å². The first-order chi connectivity index (χ1) is 14.7. The number of nitrogens with one attached hydrogen (secondary N) is 1. The molecule has 0 spiro atoms. The highest BCUT2D eigenvalue weighted by molar-refractivity contribution is 6.00. The van der Waals surface area contributed by atoms with Crippen LogP contribution in [0.15, 0.2) is 54.7 Å². The number of rotatable bonds is 6. The standard InChI is InChI=1S/C24H27N3O3/c1-29-19-13-14-20(22(15-19)30-2)23-21(24(28)25-17-9-5-3-6-10-17)16-27(26-23)18-11-7-4-8-12-18/h4,7-8,11-17H,3,5-6,9-10H2,1-2H3,(H,25,28). The Balaban J connectivity index is 1.76. The molecule has 0 bridgehead atoms. The van der Waals surface area contributed by atoms with Gasteiger partial charge in [-0.2, -0.15) is 5.10 Å². The van der Waals surface area contributed by atoms with Crippen LogP contribution in [-0.2, 0) is 0 Å². The molecule has 4 rings (SSSR count). The summed E-state index contributed by atoms with van der Waals surface area (Å²) >= 11 is 0. The maximum Gasteiger partial charge on any atom is 0.255 e. The lowest BCUT2D eigenvalue weighted by atomic mass is 9.95. The zero-order chi connectivity index (χ0) is 20.9. The first-order valence-corrected chi connectivity index (χ1v) is 10.4. The molecule has 156 valence electrons. The summed E-state index contributed by atoms with van der Waals surface area (Å²) in [5.41, 5.74) is 2.77. The van der Waals surface area contributed by atoms with Gasteiger partial charge in [-0.1, -0.05) is 37.5 Å². The number of nitrogens with zero attached hydrogens (tertiary/aromatic N) is 2. The molecule has 0 saturated heterocycles. The fourth-order valence-electron chi connectivity index (χ4n) is 3.96. The molecule has 0 unspecified atom stereocenters. The highest BCUT2D eigenvalue weighted by Crippen LogP contribution is 2.35. The summed E-state index contributed by atoms with van der Waals surface area (Å²) in [6.45, 7) is 0. The van der Waals surface area contributed by atoms with Gasteiger partial charge >= 0.3 is 0 Å². The Bertz CT molecular complexity index is 1010. The quantitative estimate of drug-likeness (QED) is 0.650. The van der Waals surface area contributed by atoms with Crippen LogP contribution in [0.1, 0.15) is 42.5 Å². The van der Waals surface area contributed by atoms with Gasteiger partial charge in [-0.25, -0.2) is 4.68 Å². The molecule has 6 heteroatoms. The Morgan fingerprint density at radius 1 is 1.03 bits per heavy atom. The fourth-order valence-corrected chi connectivity index (χ4v) is 3.96. The van der Waals surface area contributed by atoms with Crippen LogP contribution in [0, 0.1) is 0 Å². The van der Waals surface area contributed by atoms with Crippen LogP contribution in [-0.4, -0.2) is 35.9 Å². The number of hydrogen-bond donors (Lipinski definition) is 1. The molecule has 0 radical (unpaired) electrons. The third-order valence-corrected chi connectivity index (χ3v) is 5.58. The summed E-state index contributed by atoms with van der Waals surface area (Å²) in [7, 11) is 3.22. The molecule has 1 aromatic heterocycles. The number of carbonyl (C=O) groups excluding carboxylic acids is 1. The highest BCUT2D eigenvalue weighted by Gasteiger charge is 2.24. The van der Waals surface area contributed by atoms with E-state index in [9.17, 15) is 4.79 Å². The van der Waals surface area contributed by atoms with Crippen LogP contribution in [0.3, 0.4) is 0 Å². The lowest BCUT2D eigenvalue weighted by Gasteiger charge is -2.22. The molecule has 2 aromatic carbocycles. The van der Waals surface area contributed by atoms with E-state index < -0.39 is 0 Å². The predicted octanol–water partition coefficient (Wildman–Crippen LogP) is 4.62. The van der Waals surface area contributed by atoms with Crippen molar-refractivity contribution in [1.82, 2.24) is 15.1 Å². The minimum atomic E-state index is -0.100. The van der Waals surface area contributed by atoms with Gasteiger partial charge in [0.15, 0.2) is 0 Å². The van der Waals surface area contributed by atoms with Crippen LogP contribution in [0.2, 0.25) is 0 Å². The Hall–Kier alpha value is -3.28. The van der Waals surface area contributed by atoms with Gasteiger partial charge in [0.2, 0.25) is 0 Å². The Morgan fingerprint density at radius 3 is 2.50 bits per heavy atom. The second-order valence-electron chi connectivity index (χ2n) is 7.55. The van der Waals surface area contributed by atoms with Crippen molar-refractivity contribution in [3.8, 4) is 28.4 Å². The van der Waals surface area contributed by atoms with Gasteiger partial charge in [-0.15, -0.1) is 0 Å². The van der Waals surface area contributed by atoms with Crippen LogP contribution in [0.5, 0.6) is 11.5 Å². The fraction of sp³-hybridized carbons (Fsp3) is 0.333. The van der Waals surface area contributed by atoms with Crippen molar-refractivity contribution in [1.29, 1.82) is 0 Å². The number of carbonyl (C=O) groups is 1. The third kappa shape index (κ3) is 4.17. The largest absolute Gasteiger partial charge is 0.497 e. The van der Waals surface area contributed by atoms with Crippen LogP contribution in [0.25, 0.3) is 16.9 Å². The van der Waals surface area contributed by atoms with Gasteiger partial charge in [-0.05, 0) is 37.1 Å². The number of aromatic nitrogens is 2. The van der Waals surface area contributed by atoms with Gasteiger partial charge in [0, 0.05) is 23.9 Å². The molecule has 1 heterocycles. The average Bonchev–Trinajstić information content (AvgIpc) is 3.25. The van der Waals surface area contributed by atoms with Crippen molar-refractivity contribution in [3.63, 3.8) is 0 Å². The van der Waals surface area contributed by atoms with E-state index in [0.29, 0.717) is 22.8 Å². The van der Waals surface area contributed by atoms with Crippen LogP contribution in [0.4, 0.5) is 0 Å². The van der Waals surface area contributed by atoms with E-state index in [1.165, 1.54) is 6.42 Å². The van der Waals surface area contributed by atoms with Gasteiger partial charge in [-0.3, -0.25) is 4.79 Å². The average molecular weight is 405 g/mol. The van der Waals surface area contributed by atoms with Crippen molar-refractivity contribution in [2.45, 2.75) is 38.1 Å². The van der Waals surface area contributed by atoms with Gasteiger partial charge in [0.25, 0.3) is 5.91 Å². The summed E-state index contributed by atoms with van der Waals surface area (Å²) in [5.74, 6) is 1.20. The summed E-state index contributed by atoms with van der Waals surface area (Å²) in [5, 5.41) is 7.98. The number of amides is 1. The van der Waals surface area contributed by atoms with Crippen LogP contribution >= 0.6 is 0 Å². The Labute approximate surface area is 176 Å². The smallest absolute Gasteiger partial charge is 0.255 e. The van der Waals surface area contributed by atoms with E-state index in [0.717, 1.165) is 36.9 Å². The van der Waals surface area contributed by atoms with Gasteiger partial charge < -0.3 is 14.8 Å². The molecule has 3 aromatic rings. The first kappa shape index (κ1) is 20.0. The summed E-state index contributed by atoms with van der Waals surface area (Å²) in [4.78, 5) is 13.2. The third-order valence-electron chi connectivity index (χ3n) is 5.58. The molecular formula is C24H27N3O3. The number of hydrogen-bond acceptors (Lipinski definition) is 4. The van der Waals surface area contributed by atoms with Crippen molar-refractivity contribution in [2.24, 2.45) is 0 Å². The van der Waals surface area contributed by atoms with E-state index in [4.69, 9.17) is 14.6 Å². The molecule has 30 heavy (non-hydrogen) atoms. The van der Waals surface area contributed by atoms with E-state index in [1.807, 2.05) is 42.5 Å². The number of benzene rings is 2. The Kier molecular flexibility index (Phi) is 6.02. The molecule has 1 saturated carbocycles. The SMILES string of the molecule is COc1ccc(-c2nn(-c3ccccc3)cc2C(=O)NC2CCCCC2)c(OC)c1. The Morgan fingerprint density at radius 2 is 1.80 bits per heavy atom. The molecule has 1 amide bonds. The number of para-hydroxylation sites is 1. The lowest BCUT2D eigenvalue weighted by molar-refractivity contribution is 0.0928. The molecule has 1 N–H and O–H groups in total. The molecule has 1 fully saturated rings. The first-order valence-electron chi connectivity index (χ1n) is 10.4. The normalized spacial score (nSPS) is 14.3. The molecule has 0 atom stereocenters. The summed E-state index contributed by atoms with van der Waals surface area (Å²) in [6, 6.07) is 15.5. The minimum absolute atomic E-state index is 0.100. The summed E-state index contributed by atoms with van der Waals surface area (Å²) in [6.07, 6.45) is 7.42. The van der Waals surface area contributed by atoms with Crippen molar-refractivity contribution in [3.05, 3.63) is 60.3 Å². The van der Waals surface area contributed by atoms with E-state index >= 15 is 0 Å². The monoisotopic (exact) mass is 405 g/mol. The second kappa shape index (κ2) is 9.03. The number of methoxy groups -OCH3 is 2.